The van der Waals surface area contributed by atoms with E-state index in [4.69, 9.17) is 0 Å². The molecule has 0 spiro atoms. The van der Waals surface area contributed by atoms with Crippen molar-refractivity contribution in [3.63, 3.8) is 0 Å². The molecule has 0 radical (unpaired) electrons. The largest absolute Gasteiger partial charge is 2.00 e. The third-order valence-corrected chi connectivity index (χ3v) is 2.32. The molecule has 0 aromatic rings. The summed E-state index contributed by atoms with van der Waals surface area (Å²) in [6.07, 6.45) is 2.45. The molecule has 0 heterocycles. The quantitative estimate of drug-likeness (QED) is 0.207. The molecule has 0 unspecified atom stereocenters. The van der Waals surface area contributed by atoms with Gasteiger partial charge in [0.2, 0.25) is 0 Å². The summed E-state index contributed by atoms with van der Waals surface area (Å²) >= 11 is 0. The molecule has 7 heteroatoms. The fourth-order valence-corrected chi connectivity index (χ4v) is 1.29. The molecular formula is C14H18N2NiO4. The minimum absolute atomic E-state index is 0. The van der Waals surface area contributed by atoms with E-state index >= 15 is 0 Å². The number of allylic oxidation sites excluding steroid dienone is 4. The van der Waals surface area contributed by atoms with Crippen LogP contribution in [-0.4, -0.2) is 37.1 Å². The van der Waals surface area contributed by atoms with Gasteiger partial charge in [0.15, 0.2) is 11.6 Å². The summed E-state index contributed by atoms with van der Waals surface area (Å²) in [6, 6.07) is 0. The van der Waals surface area contributed by atoms with Crippen LogP contribution >= 0.6 is 0 Å². The van der Waals surface area contributed by atoms with Gasteiger partial charge in [-0.15, -0.1) is 11.5 Å². The smallest absolute Gasteiger partial charge is 0.875 e. The standard InChI is InChI=1S/C14H20N2O4.Ni/c1-9(17)13(10(2)18)7-15-5-6-16-8-14(11(3)19)12(4)20;/h7-8,17,19H,5-6H2,1-4H3;/q;+2/p-2/b13-9+,14-11+,15-7?,16-8?;. The van der Waals surface area contributed by atoms with E-state index in [0.29, 0.717) is 0 Å². The normalized spacial score (nSPS) is 13.7. The summed E-state index contributed by atoms with van der Waals surface area (Å²) in [7, 11) is 0. The molecule has 118 valence electrons. The van der Waals surface area contributed by atoms with Crippen molar-refractivity contribution in [2.75, 3.05) is 13.1 Å². The number of aliphatic imine (C=N–C) groups is 2. The summed E-state index contributed by atoms with van der Waals surface area (Å²) in [5.41, 5.74) is 0.0717. The average molecular weight is 337 g/mol. The SMILES string of the molecule is CC(=O)/C(C=NCCN=C/C(C(C)=O)=C(/C)[O-])=C(\C)[O-].[Ni+2]. The van der Waals surface area contributed by atoms with Crippen LogP contribution in [0.15, 0.2) is 32.6 Å². The van der Waals surface area contributed by atoms with Gasteiger partial charge in [0.05, 0.1) is 13.1 Å². The van der Waals surface area contributed by atoms with Crippen molar-refractivity contribution >= 4 is 24.0 Å². The topological polar surface area (TPSA) is 105 Å². The first-order valence-corrected chi connectivity index (χ1v) is 6.04. The van der Waals surface area contributed by atoms with E-state index in [9.17, 15) is 19.8 Å². The molecular weight excluding hydrogens is 319 g/mol. The third-order valence-electron chi connectivity index (χ3n) is 2.32. The molecule has 0 rings (SSSR count). The van der Waals surface area contributed by atoms with Gasteiger partial charge >= 0.3 is 16.5 Å². The second-order valence-electron chi connectivity index (χ2n) is 4.12. The molecule has 0 fully saturated rings. The maximum absolute atomic E-state index is 11.1. The van der Waals surface area contributed by atoms with Crippen molar-refractivity contribution < 1.29 is 36.3 Å². The van der Waals surface area contributed by atoms with E-state index in [2.05, 4.69) is 9.98 Å². The van der Waals surface area contributed by atoms with Gasteiger partial charge in [-0.3, -0.25) is 19.6 Å². The predicted molar refractivity (Wildman–Crippen MR) is 73.5 cm³/mol. The van der Waals surface area contributed by atoms with E-state index in [1.165, 1.54) is 40.1 Å². The van der Waals surface area contributed by atoms with E-state index in [-0.39, 0.29) is 63.8 Å². The summed E-state index contributed by atoms with van der Waals surface area (Å²) < 4.78 is 0. The van der Waals surface area contributed by atoms with Crippen LogP contribution in [-0.2, 0) is 26.1 Å². The first-order valence-electron chi connectivity index (χ1n) is 6.04. The summed E-state index contributed by atoms with van der Waals surface area (Å²) in [6.45, 7) is 5.68. The van der Waals surface area contributed by atoms with Crippen LogP contribution in [0.5, 0.6) is 0 Å². The molecule has 6 nitrogen and oxygen atoms in total. The Morgan fingerprint density at radius 3 is 1.29 bits per heavy atom. The van der Waals surface area contributed by atoms with Gasteiger partial charge in [-0.25, -0.2) is 0 Å². The fourth-order valence-electron chi connectivity index (χ4n) is 1.29. The van der Waals surface area contributed by atoms with Crippen molar-refractivity contribution in [2.45, 2.75) is 27.7 Å². The summed E-state index contributed by atoms with van der Waals surface area (Å²) in [4.78, 5) is 30.0. The molecule has 0 atom stereocenters. The van der Waals surface area contributed by atoms with Gasteiger partial charge in [-0.2, -0.15) is 0 Å². The summed E-state index contributed by atoms with van der Waals surface area (Å²) in [5, 5.41) is 22.2. The zero-order valence-electron chi connectivity index (χ0n) is 12.4. The number of rotatable bonds is 7. The molecule has 0 amide bonds. The van der Waals surface area contributed by atoms with Crippen LogP contribution in [0.3, 0.4) is 0 Å². The van der Waals surface area contributed by atoms with E-state index in [0.717, 1.165) is 0 Å². The maximum atomic E-state index is 11.1. The number of hydrogen-bond donors (Lipinski definition) is 0. The van der Waals surface area contributed by atoms with Crippen molar-refractivity contribution in [2.24, 2.45) is 9.98 Å². The number of hydrogen-bond acceptors (Lipinski definition) is 6. The number of carbonyl (C=O) groups is 2. The Hall–Kier alpha value is -1.75. The molecule has 0 aliphatic carbocycles. The van der Waals surface area contributed by atoms with Gasteiger partial charge in [0.25, 0.3) is 0 Å². The monoisotopic (exact) mass is 336 g/mol. The molecule has 0 saturated carbocycles. The van der Waals surface area contributed by atoms with Crippen LogP contribution in [0.4, 0.5) is 0 Å². The maximum Gasteiger partial charge on any atom is 2.00 e. The number of nitrogens with zero attached hydrogens (tertiary/aromatic N) is 2. The Morgan fingerprint density at radius 1 is 0.810 bits per heavy atom. The predicted octanol–water partition coefficient (Wildman–Crippen LogP) is -0.428. The van der Waals surface area contributed by atoms with Gasteiger partial charge in [-0.05, 0) is 13.8 Å². The van der Waals surface area contributed by atoms with Gasteiger partial charge in [-0.1, -0.05) is 13.8 Å². The first-order chi connectivity index (χ1) is 9.27. The zero-order chi connectivity index (χ0) is 15.7. The van der Waals surface area contributed by atoms with Crippen LogP contribution in [0.25, 0.3) is 0 Å². The Bertz CT molecular complexity index is 451. The minimum Gasteiger partial charge on any atom is -0.875 e. The second kappa shape index (κ2) is 11.0. The van der Waals surface area contributed by atoms with E-state index in [1.807, 2.05) is 0 Å². The Kier molecular flexibility index (Phi) is 11.3. The fraction of sp³-hybridized carbons (Fsp3) is 0.429. The van der Waals surface area contributed by atoms with E-state index < -0.39 is 0 Å². The van der Waals surface area contributed by atoms with Gasteiger partial charge < -0.3 is 10.2 Å². The summed E-state index contributed by atoms with van der Waals surface area (Å²) in [5.74, 6) is -1.36. The van der Waals surface area contributed by atoms with Crippen molar-refractivity contribution in [3.05, 3.63) is 22.7 Å². The van der Waals surface area contributed by atoms with Gasteiger partial charge in [0, 0.05) is 23.6 Å². The molecule has 0 aromatic carbocycles. The number of ketones is 2. The average Bonchev–Trinajstić information content (AvgIpc) is 2.30. The van der Waals surface area contributed by atoms with Crippen LogP contribution in [0.2, 0.25) is 0 Å². The molecule has 0 N–H and O–H groups in total. The minimum atomic E-state index is -0.339. The van der Waals surface area contributed by atoms with Gasteiger partial charge in [0.1, 0.15) is 0 Å². The third kappa shape index (κ3) is 8.92. The van der Waals surface area contributed by atoms with Crippen molar-refractivity contribution in [1.29, 1.82) is 0 Å². The number of carbonyl (C=O) groups excluding carboxylic acids is 2. The molecule has 21 heavy (non-hydrogen) atoms. The van der Waals surface area contributed by atoms with Crippen molar-refractivity contribution in [3.8, 4) is 0 Å². The van der Waals surface area contributed by atoms with Crippen LogP contribution in [0.1, 0.15) is 27.7 Å². The second-order valence-corrected chi connectivity index (χ2v) is 4.12. The Balaban J connectivity index is 0. The molecule has 0 aliphatic rings. The molecule has 0 bridgehead atoms. The Morgan fingerprint density at radius 2 is 1.10 bits per heavy atom. The molecule has 0 saturated heterocycles. The van der Waals surface area contributed by atoms with Crippen LogP contribution in [0, 0.1) is 0 Å². The van der Waals surface area contributed by atoms with E-state index in [1.54, 1.807) is 0 Å². The number of Topliss-reactive ketones (excluding diaryl/α,β-unsaturated/α-hetero) is 2. The zero-order valence-corrected chi connectivity index (χ0v) is 13.4. The molecule has 0 aromatic heterocycles. The molecule has 0 aliphatic heterocycles. The first kappa shape index (κ1) is 21.6. The van der Waals surface area contributed by atoms with Crippen molar-refractivity contribution in [1.82, 2.24) is 0 Å². The Labute approximate surface area is 134 Å². The van der Waals surface area contributed by atoms with Crippen LogP contribution < -0.4 is 10.2 Å².